The molecular weight excluding hydrogens is 374 g/mol. The van der Waals surface area contributed by atoms with Gasteiger partial charge in [-0.2, -0.15) is 0 Å². The molecule has 1 aliphatic rings. The number of carbonyl (C=O) groups excluding carboxylic acids is 1. The Kier molecular flexibility index (Phi) is 7.29. The normalized spacial score (nSPS) is 17.3. The van der Waals surface area contributed by atoms with E-state index >= 15 is 0 Å². The van der Waals surface area contributed by atoms with Crippen LogP contribution in [-0.4, -0.2) is 36.0 Å². The molecule has 2 aromatic rings. The van der Waals surface area contributed by atoms with Gasteiger partial charge in [-0.1, -0.05) is 17.7 Å². The van der Waals surface area contributed by atoms with Crippen molar-refractivity contribution in [2.75, 3.05) is 25.5 Å². The quantitative estimate of drug-likeness (QED) is 0.731. The molecule has 150 valence electrons. The van der Waals surface area contributed by atoms with Crippen molar-refractivity contribution < 1.29 is 9.53 Å². The molecule has 1 aliphatic heterocycles. The van der Waals surface area contributed by atoms with E-state index in [4.69, 9.17) is 16.3 Å². The zero-order valence-electron chi connectivity index (χ0n) is 16.6. The van der Waals surface area contributed by atoms with Crippen LogP contribution in [-0.2, 0) is 11.3 Å². The van der Waals surface area contributed by atoms with Gasteiger partial charge in [0.15, 0.2) is 0 Å². The van der Waals surface area contributed by atoms with Crippen molar-refractivity contribution in [1.82, 2.24) is 9.88 Å². The maximum Gasteiger partial charge on any atom is 0.224 e. The van der Waals surface area contributed by atoms with Gasteiger partial charge in [0.1, 0.15) is 5.75 Å². The van der Waals surface area contributed by atoms with Crippen molar-refractivity contribution in [2.45, 2.75) is 39.2 Å². The molecule has 1 aromatic heterocycles. The van der Waals surface area contributed by atoms with E-state index in [2.05, 4.69) is 27.3 Å². The van der Waals surface area contributed by atoms with Crippen molar-refractivity contribution >= 4 is 23.2 Å². The molecule has 0 aliphatic carbocycles. The highest BCUT2D eigenvalue weighted by Crippen LogP contribution is 2.27. The topological polar surface area (TPSA) is 54.5 Å². The number of hydrogen-bond acceptors (Lipinski definition) is 4. The fourth-order valence-electron chi connectivity index (χ4n) is 3.75. The smallest absolute Gasteiger partial charge is 0.224 e. The number of ether oxygens (including phenoxy) is 1. The number of piperidine rings is 1. The van der Waals surface area contributed by atoms with Crippen LogP contribution < -0.4 is 10.1 Å². The van der Waals surface area contributed by atoms with Gasteiger partial charge in [0.25, 0.3) is 0 Å². The van der Waals surface area contributed by atoms with E-state index in [1.54, 1.807) is 25.3 Å². The predicted molar refractivity (Wildman–Crippen MR) is 113 cm³/mol. The van der Waals surface area contributed by atoms with Crippen LogP contribution in [0.3, 0.4) is 0 Å². The molecule has 0 unspecified atom stereocenters. The van der Waals surface area contributed by atoms with Gasteiger partial charge in [0, 0.05) is 30.9 Å². The first-order chi connectivity index (χ1) is 13.5. The van der Waals surface area contributed by atoms with Gasteiger partial charge in [-0.05, 0) is 69.0 Å². The Morgan fingerprint density at radius 1 is 1.36 bits per heavy atom. The van der Waals surface area contributed by atoms with E-state index in [-0.39, 0.29) is 5.91 Å². The third kappa shape index (κ3) is 5.94. The number of anilines is 1. The van der Waals surface area contributed by atoms with Gasteiger partial charge in [-0.25, -0.2) is 0 Å². The number of nitrogens with zero attached hydrogens (tertiary/aromatic N) is 2. The lowest BCUT2D eigenvalue weighted by Crippen LogP contribution is -2.35. The van der Waals surface area contributed by atoms with E-state index in [0.29, 0.717) is 28.8 Å². The van der Waals surface area contributed by atoms with Gasteiger partial charge >= 0.3 is 0 Å². The van der Waals surface area contributed by atoms with Crippen LogP contribution >= 0.6 is 11.6 Å². The van der Waals surface area contributed by atoms with Crippen molar-refractivity contribution in [1.29, 1.82) is 0 Å². The monoisotopic (exact) mass is 401 g/mol. The number of carbonyl (C=O) groups is 1. The molecule has 0 saturated carbocycles. The molecule has 1 aromatic carbocycles. The number of hydrogen-bond donors (Lipinski definition) is 1. The maximum atomic E-state index is 12.3. The molecule has 2 heterocycles. The summed E-state index contributed by atoms with van der Waals surface area (Å²) in [7, 11) is 1.57. The van der Waals surface area contributed by atoms with Crippen LogP contribution in [0.1, 0.15) is 37.1 Å². The summed E-state index contributed by atoms with van der Waals surface area (Å²) in [5, 5.41) is 3.42. The van der Waals surface area contributed by atoms with Crippen LogP contribution in [0.5, 0.6) is 5.75 Å². The first-order valence-corrected chi connectivity index (χ1v) is 10.2. The number of methoxy groups -OCH3 is 1. The maximum absolute atomic E-state index is 12.3. The Balaban J connectivity index is 1.46. The second kappa shape index (κ2) is 9.89. The Morgan fingerprint density at radius 2 is 2.21 bits per heavy atom. The minimum Gasteiger partial charge on any atom is -0.495 e. The van der Waals surface area contributed by atoms with Crippen molar-refractivity contribution in [3.05, 3.63) is 52.8 Å². The zero-order chi connectivity index (χ0) is 19.9. The minimum atomic E-state index is 0.0266. The Hall–Kier alpha value is -2.11. The molecular formula is C22H28ClN3O2. The summed E-state index contributed by atoms with van der Waals surface area (Å²) in [5.41, 5.74) is 2.88. The second-order valence-electron chi connectivity index (χ2n) is 7.45. The van der Waals surface area contributed by atoms with Crippen LogP contribution in [0, 0.1) is 12.8 Å². The summed E-state index contributed by atoms with van der Waals surface area (Å²) >= 11 is 6.12. The van der Waals surface area contributed by atoms with Crippen molar-refractivity contribution in [3.63, 3.8) is 0 Å². The number of likely N-dealkylation sites (tertiary alicyclic amines) is 1. The molecule has 0 radical (unpaired) electrons. The molecule has 1 saturated heterocycles. The molecule has 1 N–H and O–H groups in total. The summed E-state index contributed by atoms with van der Waals surface area (Å²) in [4.78, 5) is 19.4. The predicted octanol–water partition coefficient (Wildman–Crippen LogP) is 4.68. The number of pyridine rings is 1. The summed E-state index contributed by atoms with van der Waals surface area (Å²) < 4.78 is 5.14. The SMILES string of the molecule is COc1ccc(NC(=O)CC[C@H]2CCCN(Cc3cccc(C)n3)C2)cc1Cl. The number of halogens is 1. The Labute approximate surface area is 172 Å². The fourth-order valence-corrected chi connectivity index (χ4v) is 4.01. The van der Waals surface area contributed by atoms with Gasteiger partial charge in [-0.15, -0.1) is 0 Å². The molecule has 1 amide bonds. The molecule has 5 nitrogen and oxygen atoms in total. The van der Waals surface area contributed by atoms with Gasteiger partial charge in [0.2, 0.25) is 5.91 Å². The highest BCUT2D eigenvalue weighted by Gasteiger charge is 2.21. The average Bonchev–Trinajstić information content (AvgIpc) is 2.67. The Bertz CT molecular complexity index is 812. The molecule has 6 heteroatoms. The summed E-state index contributed by atoms with van der Waals surface area (Å²) in [5.74, 6) is 1.17. The lowest BCUT2D eigenvalue weighted by atomic mass is 9.93. The van der Waals surface area contributed by atoms with E-state index in [9.17, 15) is 4.79 Å². The van der Waals surface area contributed by atoms with E-state index < -0.39 is 0 Å². The summed E-state index contributed by atoms with van der Waals surface area (Å²) in [6, 6.07) is 11.5. The van der Waals surface area contributed by atoms with Crippen molar-refractivity contribution in [2.24, 2.45) is 5.92 Å². The van der Waals surface area contributed by atoms with Crippen LogP contribution in [0.15, 0.2) is 36.4 Å². The van der Waals surface area contributed by atoms with E-state index in [0.717, 1.165) is 37.4 Å². The molecule has 1 atom stereocenters. The molecule has 0 spiro atoms. The van der Waals surface area contributed by atoms with E-state index in [1.165, 1.54) is 12.8 Å². The number of nitrogens with one attached hydrogen (secondary N) is 1. The summed E-state index contributed by atoms with van der Waals surface area (Å²) in [6.45, 7) is 5.03. The van der Waals surface area contributed by atoms with Gasteiger partial charge in [-0.3, -0.25) is 14.7 Å². The standard InChI is InChI=1S/C22H28ClN3O2/c1-16-5-3-7-19(24-16)15-26-12-4-6-17(14-26)8-11-22(27)25-18-9-10-21(28-2)20(23)13-18/h3,5,7,9-10,13,17H,4,6,8,11-12,14-15H2,1-2H3,(H,25,27)/t17-/m1/s1. The fraction of sp³-hybridized carbons (Fsp3) is 0.455. The van der Waals surface area contributed by atoms with Crippen molar-refractivity contribution in [3.8, 4) is 5.75 Å². The number of aromatic nitrogens is 1. The average molecular weight is 402 g/mol. The van der Waals surface area contributed by atoms with Crippen LogP contribution in [0.2, 0.25) is 5.02 Å². The number of rotatable bonds is 7. The highest BCUT2D eigenvalue weighted by molar-refractivity contribution is 6.32. The van der Waals surface area contributed by atoms with Gasteiger partial charge < -0.3 is 10.1 Å². The first-order valence-electron chi connectivity index (χ1n) is 9.82. The highest BCUT2D eigenvalue weighted by atomic mass is 35.5. The second-order valence-corrected chi connectivity index (χ2v) is 7.86. The molecule has 3 rings (SSSR count). The molecule has 28 heavy (non-hydrogen) atoms. The Morgan fingerprint density at radius 3 is 2.96 bits per heavy atom. The largest absolute Gasteiger partial charge is 0.495 e. The number of aryl methyl sites for hydroxylation is 1. The summed E-state index contributed by atoms with van der Waals surface area (Å²) in [6.07, 6.45) is 3.77. The third-order valence-electron chi connectivity index (χ3n) is 5.15. The number of amides is 1. The molecule has 0 bridgehead atoms. The first kappa shape index (κ1) is 20.6. The third-order valence-corrected chi connectivity index (χ3v) is 5.45. The number of benzene rings is 1. The van der Waals surface area contributed by atoms with Crippen LogP contribution in [0.4, 0.5) is 5.69 Å². The van der Waals surface area contributed by atoms with Gasteiger partial charge in [0.05, 0.1) is 17.8 Å². The lowest BCUT2D eigenvalue weighted by Gasteiger charge is -2.32. The minimum absolute atomic E-state index is 0.0266. The van der Waals surface area contributed by atoms with Crippen LogP contribution in [0.25, 0.3) is 0 Å². The zero-order valence-corrected chi connectivity index (χ0v) is 17.3. The molecule has 1 fully saturated rings. The lowest BCUT2D eigenvalue weighted by molar-refractivity contribution is -0.116. The van der Waals surface area contributed by atoms with E-state index in [1.807, 2.05) is 13.0 Å².